The number of rotatable bonds is 9. The average molecular weight is 522 g/mol. The molecule has 0 aliphatic carbocycles. The number of hydrogen-bond donors (Lipinski definition) is 3. The summed E-state index contributed by atoms with van der Waals surface area (Å²) in [7, 11) is 1.28. The van der Waals surface area contributed by atoms with Crippen molar-refractivity contribution in [2.75, 3.05) is 19.0 Å². The molecule has 4 rings (SSSR count). The van der Waals surface area contributed by atoms with E-state index in [0.29, 0.717) is 47.2 Å². The number of aliphatic imine (C=N–C) groups is 1. The van der Waals surface area contributed by atoms with Crippen molar-refractivity contribution < 1.29 is 18.3 Å². The molecule has 0 unspecified atom stereocenters. The third kappa shape index (κ3) is 5.41. The van der Waals surface area contributed by atoms with Crippen LogP contribution in [0.1, 0.15) is 36.7 Å². The predicted octanol–water partition coefficient (Wildman–Crippen LogP) is 4.48. The second-order valence-corrected chi connectivity index (χ2v) is 8.76. The van der Waals surface area contributed by atoms with E-state index in [0.717, 1.165) is 5.56 Å². The van der Waals surface area contributed by atoms with Crippen LogP contribution in [0.15, 0.2) is 53.9 Å². The third-order valence-corrected chi connectivity index (χ3v) is 5.96. The number of ether oxygens (including phenoxy) is 1. The zero-order chi connectivity index (χ0) is 27.4. The molecule has 0 saturated carbocycles. The molecular formula is C27H29F2N7O2. The van der Waals surface area contributed by atoms with Crippen molar-refractivity contribution in [1.29, 1.82) is 0 Å². The van der Waals surface area contributed by atoms with E-state index in [1.807, 2.05) is 19.9 Å². The van der Waals surface area contributed by atoms with E-state index in [2.05, 4.69) is 25.6 Å². The van der Waals surface area contributed by atoms with Gasteiger partial charge in [0.2, 0.25) is 5.82 Å². The summed E-state index contributed by atoms with van der Waals surface area (Å²) in [5.41, 5.74) is 8.49. The van der Waals surface area contributed by atoms with Crippen LogP contribution in [-0.4, -0.2) is 45.8 Å². The zero-order valence-corrected chi connectivity index (χ0v) is 21.5. The summed E-state index contributed by atoms with van der Waals surface area (Å²) in [5.74, 6) is -1.60. The first-order chi connectivity index (χ1) is 18.2. The van der Waals surface area contributed by atoms with Gasteiger partial charge < -0.3 is 21.1 Å². The highest BCUT2D eigenvalue weighted by atomic mass is 19.2. The van der Waals surface area contributed by atoms with Gasteiger partial charge in [0.05, 0.1) is 31.4 Å². The number of halogens is 2. The lowest BCUT2D eigenvalue weighted by atomic mass is 10.0. The quantitative estimate of drug-likeness (QED) is 0.221. The Morgan fingerprint density at radius 1 is 1.21 bits per heavy atom. The number of carbonyl (C=O) groups is 1. The molecule has 0 radical (unpaired) electrons. The fourth-order valence-electron chi connectivity index (χ4n) is 4.04. The summed E-state index contributed by atoms with van der Waals surface area (Å²) in [5, 5.41) is 6.17. The van der Waals surface area contributed by atoms with Gasteiger partial charge in [-0.05, 0) is 56.2 Å². The molecule has 0 saturated heterocycles. The van der Waals surface area contributed by atoms with Crippen LogP contribution in [0.4, 0.5) is 20.3 Å². The highest BCUT2D eigenvalue weighted by molar-refractivity contribution is 5.96. The number of nitrogens with zero attached hydrogens (tertiary/aromatic N) is 4. The molecule has 0 bridgehead atoms. The van der Waals surface area contributed by atoms with Gasteiger partial charge in [-0.1, -0.05) is 6.92 Å². The number of fused-ring (bicyclic) bond motifs is 1. The minimum Gasteiger partial charge on any atom is -0.494 e. The Morgan fingerprint density at radius 2 is 2.00 bits per heavy atom. The number of hydrogen-bond acceptors (Lipinski definition) is 6. The molecule has 198 valence electrons. The lowest BCUT2D eigenvalue weighted by Gasteiger charge is -2.15. The molecule has 4 aromatic rings. The molecule has 2 heterocycles. The molecular weight excluding hydrogens is 492 g/mol. The molecule has 2 aromatic heterocycles. The Hall–Kier alpha value is -4.54. The Balaban J connectivity index is 1.60. The Kier molecular flexibility index (Phi) is 7.85. The van der Waals surface area contributed by atoms with E-state index in [1.165, 1.54) is 31.6 Å². The van der Waals surface area contributed by atoms with Gasteiger partial charge in [-0.25, -0.2) is 14.4 Å². The van der Waals surface area contributed by atoms with Crippen molar-refractivity contribution in [1.82, 2.24) is 19.7 Å². The summed E-state index contributed by atoms with van der Waals surface area (Å²) in [6.45, 7) is 5.92. The van der Waals surface area contributed by atoms with Gasteiger partial charge in [0.1, 0.15) is 0 Å². The second kappa shape index (κ2) is 11.2. The topological polar surface area (TPSA) is 119 Å². The van der Waals surface area contributed by atoms with Gasteiger partial charge >= 0.3 is 0 Å². The molecule has 1 atom stereocenters. The number of nitrogens with two attached hydrogens (primary N) is 1. The normalized spacial score (nSPS) is 12.4. The number of imidazole rings is 1. The molecule has 0 aliphatic rings. The van der Waals surface area contributed by atoms with Crippen LogP contribution in [0.5, 0.6) is 5.75 Å². The molecule has 0 spiro atoms. The van der Waals surface area contributed by atoms with E-state index in [-0.39, 0.29) is 23.3 Å². The van der Waals surface area contributed by atoms with Crippen LogP contribution >= 0.6 is 0 Å². The maximum absolute atomic E-state index is 14.8. The summed E-state index contributed by atoms with van der Waals surface area (Å²) >= 11 is 0. The van der Waals surface area contributed by atoms with Crippen molar-refractivity contribution in [2.24, 2.45) is 10.7 Å². The van der Waals surface area contributed by atoms with E-state index in [4.69, 9.17) is 10.5 Å². The van der Waals surface area contributed by atoms with Gasteiger partial charge in [0.15, 0.2) is 23.0 Å². The van der Waals surface area contributed by atoms with Crippen LogP contribution < -0.4 is 21.1 Å². The second-order valence-electron chi connectivity index (χ2n) is 8.76. The number of amidine groups is 1. The Morgan fingerprint density at radius 3 is 2.71 bits per heavy atom. The SMILES string of the molecule is CCc1cc(Nc2nccn3c(-c4ccc(OC)c(F)c4F)cnc23)ccc1C(=O)N[C@@H](C)CN=C(C)N. The molecule has 9 nitrogen and oxygen atoms in total. The molecule has 1 amide bonds. The van der Waals surface area contributed by atoms with Crippen LogP contribution in [-0.2, 0) is 6.42 Å². The van der Waals surface area contributed by atoms with Crippen molar-refractivity contribution in [3.8, 4) is 17.0 Å². The van der Waals surface area contributed by atoms with Crippen molar-refractivity contribution in [3.63, 3.8) is 0 Å². The largest absolute Gasteiger partial charge is 0.494 e. The van der Waals surface area contributed by atoms with E-state index < -0.39 is 11.6 Å². The van der Waals surface area contributed by atoms with E-state index in [9.17, 15) is 13.6 Å². The van der Waals surface area contributed by atoms with Crippen molar-refractivity contribution in [2.45, 2.75) is 33.2 Å². The van der Waals surface area contributed by atoms with Gasteiger partial charge in [0, 0.05) is 35.2 Å². The maximum atomic E-state index is 14.8. The molecule has 11 heteroatoms. The number of amides is 1. The van der Waals surface area contributed by atoms with Crippen LogP contribution in [0.25, 0.3) is 16.9 Å². The summed E-state index contributed by atoms with van der Waals surface area (Å²) in [4.78, 5) is 25.8. The van der Waals surface area contributed by atoms with Crippen molar-refractivity contribution >= 4 is 28.9 Å². The first-order valence-electron chi connectivity index (χ1n) is 12.0. The number of methoxy groups -OCH3 is 1. The van der Waals surface area contributed by atoms with Crippen LogP contribution in [0.2, 0.25) is 0 Å². The van der Waals surface area contributed by atoms with Gasteiger partial charge in [-0.2, -0.15) is 4.39 Å². The van der Waals surface area contributed by atoms with Crippen molar-refractivity contribution in [3.05, 3.63) is 71.7 Å². The summed E-state index contributed by atoms with van der Waals surface area (Å²) in [6, 6.07) is 8.02. The van der Waals surface area contributed by atoms with Crippen LogP contribution in [0, 0.1) is 11.6 Å². The summed E-state index contributed by atoms with van der Waals surface area (Å²) < 4.78 is 35.6. The first kappa shape index (κ1) is 26.5. The number of benzene rings is 2. The number of anilines is 2. The lowest BCUT2D eigenvalue weighted by molar-refractivity contribution is 0.0940. The fourth-order valence-corrected chi connectivity index (χ4v) is 4.04. The zero-order valence-electron chi connectivity index (χ0n) is 21.5. The van der Waals surface area contributed by atoms with Crippen LogP contribution in [0.3, 0.4) is 0 Å². The number of nitrogens with one attached hydrogen (secondary N) is 2. The maximum Gasteiger partial charge on any atom is 0.251 e. The predicted molar refractivity (Wildman–Crippen MR) is 143 cm³/mol. The number of carbonyl (C=O) groups excluding carboxylic acids is 1. The minimum absolute atomic E-state index is 0.0399. The molecule has 0 aliphatic heterocycles. The third-order valence-electron chi connectivity index (χ3n) is 5.96. The molecule has 4 N–H and O–H groups in total. The average Bonchev–Trinajstić information content (AvgIpc) is 3.33. The smallest absolute Gasteiger partial charge is 0.251 e. The van der Waals surface area contributed by atoms with Gasteiger partial charge in [-0.3, -0.25) is 14.2 Å². The summed E-state index contributed by atoms with van der Waals surface area (Å²) in [6.07, 6.45) is 5.23. The minimum atomic E-state index is -1.07. The molecule has 2 aromatic carbocycles. The highest BCUT2D eigenvalue weighted by Crippen LogP contribution is 2.31. The lowest BCUT2D eigenvalue weighted by Crippen LogP contribution is -2.35. The van der Waals surface area contributed by atoms with Gasteiger partial charge in [-0.15, -0.1) is 0 Å². The van der Waals surface area contributed by atoms with Gasteiger partial charge in [0.25, 0.3) is 5.91 Å². The number of aromatic nitrogens is 3. The van der Waals surface area contributed by atoms with E-state index in [1.54, 1.807) is 29.7 Å². The van der Waals surface area contributed by atoms with E-state index >= 15 is 0 Å². The Bertz CT molecular complexity index is 1510. The molecule has 38 heavy (non-hydrogen) atoms. The Labute approximate surface area is 218 Å². The fraction of sp³-hybridized carbons (Fsp3) is 0.259. The molecule has 0 fully saturated rings. The standard InChI is InChI=1S/C27H29F2N7O2/c1-5-17-12-18(6-7-19(17)27(37)34-15(2)13-32-16(3)30)35-25-26-33-14-21(36(26)11-10-31-25)20-8-9-22(38-4)24(29)23(20)28/h6-12,14-15H,5,13H2,1-4H3,(H2,30,32)(H,31,35)(H,34,37)/t15-/m0/s1. The number of aryl methyl sites for hydroxylation is 1. The highest BCUT2D eigenvalue weighted by Gasteiger charge is 2.19. The first-order valence-corrected chi connectivity index (χ1v) is 12.0. The monoisotopic (exact) mass is 521 g/mol.